The summed E-state index contributed by atoms with van der Waals surface area (Å²) in [6.07, 6.45) is 0. The smallest absolute Gasteiger partial charge is 0.260 e. The molecular formula is C23H28N2O3. The van der Waals surface area contributed by atoms with Crippen molar-refractivity contribution < 1.29 is 14.3 Å². The Bertz CT molecular complexity index is 825. The second-order valence-electron chi connectivity index (χ2n) is 7.52. The van der Waals surface area contributed by atoms with Crippen LogP contribution < -0.4 is 4.74 Å². The van der Waals surface area contributed by atoms with Gasteiger partial charge in [-0.15, -0.1) is 0 Å². The van der Waals surface area contributed by atoms with Gasteiger partial charge in [0.05, 0.1) is 0 Å². The fourth-order valence-electron chi connectivity index (χ4n) is 3.40. The van der Waals surface area contributed by atoms with Crippen molar-refractivity contribution in [3.63, 3.8) is 0 Å². The van der Waals surface area contributed by atoms with Gasteiger partial charge in [0, 0.05) is 31.7 Å². The first kappa shape index (κ1) is 19.9. The minimum absolute atomic E-state index is 0.0188. The van der Waals surface area contributed by atoms with E-state index >= 15 is 0 Å². The van der Waals surface area contributed by atoms with Gasteiger partial charge in [0.1, 0.15) is 5.75 Å². The summed E-state index contributed by atoms with van der Waals surface area (Å²) in [5.74, 6) is 1.09. The molecule has 0 atom stereocenters. The van der Waals surface area contributed by atoms with Crippen LogP contribution in [0, 0.1) is 6.92 Å². The van der Waals surface area contributed by atoms with E-state index in [1.807, 2.05) is 43.3 Å². The number of hydrogen-bond donors (Lipinski definition) is 0. The van der Waals surface area contributed by atoms with Gasteiger partial charge in [0.25, 0.3) is 11.8 Å². The fraction of sp³-hybridized carbons (Fsp3) is 0.391. The molecule has 1 fully saturated rings. The van der Waals surface area contributed by atoms with Gasteiger partial charge >= 0.3 is 0 Å². The lowest BCUT2D eigenvalue weighted by Gasteiger charge is -2.34. The van der Waals surface area contributed by atoms with Crippen LogP contribution in [0.3, 0.4) is 0 Å². The van der Waals surface area contributed by atoms with Crippen molar-refractivity contribution >= 4 is 11.8 Å². The number of hydrogen-bond acceptors (Lipinski definition) is 3. The van der Waals surface area contributed by atoms with Crippen LogP contribution in [0.1, 0.15) is 41.3 Å². The summed E-state index contributed by atoms with van der Waals surface area (Å²) in [7, 11) is 0. The number of rotatable bonds is 5. The van der Waals surface area contributed by atoms with Crippen LogP contribution in [-0.4, -0.2) is 54.4 Å². The molecule has 1 aliphatic heterocycles. The van der Waals surface area contributed by atoms with Crippen molar-refractivity contribution in [1.29, 1.82) is 0 Å². The normalized spacial score (nSPS) is 14.3. The second kappa shape index (κ2) is 8.91. The summed E-state index contributed by atoms with van der Waals surface area (Å²) in [5, 5.41) is 0. The number of nitrogens with zero attached hydrogens (tertiary/aromatic N) is 2. The lowest BCUT2D eigenvalue weighted by molar-refractivity contribution is -0.134. The second-order valence-corrected chi connectivity index (χ2v) is 7.52. The number of carbonyl (C=O) groups is 2. The molecule has 5 heteroatoms. The molecule has 0 aliphatic carbocycles. The molecule has 1 aliphatic rings. The van der Waals surface area contributed by atoms with Crippen molar-refractivity contribution in [2.75, 3.05) is 32.8 Å². The van der Waals surface area contributed by atoms with E-state index in [0.29, 0.717) is 37.7 Å². The number of aryl methyl sites for hydroxylation is 1. The lowest BCUT2D eigenvalue weighted by atomic mass is 10.0. The van der Waals surface area contributed by atoms with Gasteiger partial charge in [-0.3, -0.25) is 9.59 Å². The van der Waals surface area contributed by atoms with Gasteiger partial charge in [-0.25, -0.2) is 0 Å². The van der Waals surface area contributed by atoms with Crippen molar-refractivity contribution in [3.8, 4) is 5.75 Å². The first-order valence-electron chi connectivity index (χ1n) is 9.81. The molecule has 0 N–H and O–H groups in total. The molecule has 148 valence electrons. The Morgan fingerprint density at radius 1 is 0.964 bits per heavy atom. The average molecular weight is 380 g/mol. The molecule has 0 saturated carbocycles. The monoisotopic (exact) mass is 380 g/mol. The quantitative estimate of drug-likeness (QED) is 0.798. The van der Waals surface area contributed by atoms with Crippen LogP contribution in [0.25, 0.3) is 0 Å². The maximum atomic E-state index is 12.6. The van der Waals surface area contributed by atoms with Crippen molar-refractivity contribution in [2.24, 2.45) is 0 Å². The Labute approximate surface area is 166 Å². The highest BCUT2D eigenvalue weighted by atomic mass is 16.5. The molecule has 0 radical (unpaired) electrons. The van der Waals surface area contributed by atoms with Crippen LogP contribution >= 0.6 is 0 Å². The Kier molecular flexibility index (Phi) is 6.34. The van der Waals surface area contributed by atoms with Crippen LogP contribution in [0.4, 0.5) is 0 Å². The maximum absolute atomic E-state index is 12.6. The van der Waals surface area contributed by atoms with E-state index in [1.165, 1.54) is 0 Å². The zero-order valence-corrected chi connectivity index (χ0v) is 16.9. The summed E-state index contributed by atoms with van der Waals surface area (Å²) in [6, 6.07) is 15.4. The molecule has 0 unspecified atom stereocenters. The van der Waals surface area contributed by atoms with Gasteiger partial charge in [0.15, 0.2) is 6.61 Å². The third-order valence-corrected chi connectivity index (χ3v) is 5.08. The van der Waals surface area contributed by atoms with E-state index in [0.717, 1.165) is 16.9 Å². The zero-order valence-electron chi connectivity index (χ0n) is 16.9. The zero-order chi connectivity index (χ0) is 20.1. The highest BCUT2D eigenvalue weighted by Gasteiger charge is 2.25. The van der Waals surface area contributed by atoms with Gasteiger partial charge in [-0.2, -0.15) is 0 Å². The van der Waals surface area contributed by atoms with E-state index in [-0.39, 0.29) is 18.4 Å². The Morgan fingerprint density at radius 2 is 1.61 bits per heavy atom. The van der Waals surface area contributed by atoms with E-state index in [1.54, 1.807) is 9.80 Å². The molecule has 28 heavy (non-hydrogen) atoms. The Balaban J connectivity index is 1.53. The first-order chi connectivity index (χ1) is 13.5. The molecular weight excluding hydrogens is 352 g/mol. The molecule has 1 saturated heterocycles. The molecule has 2 aromatic rings. The summed E-state index contributed by atoms with van der Waals surface area (Å²) in [5.41, 5.74) is 2.91. The minimum Gasteiger partial charge on any atom is -0.483 e. The standard InChI is InChI=1S/C23H28N2O3/c1-17(2)20-10-9-18(3)15-21(20)28-16-22(26)24-11-13-25(14-12-24)23(27)19-7-5-4-6-8-19/h4-10,15,17H,11-14,16H2,1-3H3. The number of carbonyl (C=O) groups excluding carboxylic acids is 2. The predicted molar refractivity (Wildman–Crippen MR) is 110 cm³/mol. The summed E-state index contributed by atoms with van der Waals surface area (Å²) in [4.78, 5) is 28.7. The summed E-state index contributed by atoms with van der Waals surface area (Å²) < 4.78 is 5.87. The molecule has 0 spiro atoms. The maximum Gasteiger partial charge on any atom is 0.260 e. The van der Waals surface area contributed by atoms with E-state index in [4.69, 9.17) is 4.74 Å². The van der Waals surface area contributed by atoms with E-state index in [9.17, 15) is 9.59 Å². The number of ether oxygens (including phenoxy) is 1. The summed E-state index contributed by atoms with van der Waals surface area (Å²) >= 11 is 0. The molecule has 2 amide bonds. The predicted octanol–water partition coefficient (Wildman–Crippen LogP) is 3.48. The van der Waals surface area contributed by atoms with E-state index < -0.39 is 0 Å². The third kappa shape index (κ3) is 4.71. The molecule has 3 rings (SSSR count). The van der Waals surface area contributed by atoms with Crippen molar-refractivity contribution in [3.05, 3.63) is 65.2 Å². The fourth-order valence-corrected chi connectivity index (χ4v) is 3.40. The topological polar surface area (TPSA) is 49.9 Å². The van der Waals surface area contributed by atoms with Gasteiger partial charge in [0.2, 0.25) is 0 Å². The van der Waals surface area contributed by atoms with E-state index in [2.05, 4.69) is 26.0 Å². The van der Waals surface area contributed by atoms with Crippen molar-refractivity contribution in [1.82, 2.24) is 9.80 Å². The van der Waals surface area contributed by atoms with Crippen LogP contribution in [0.5, 0.6) is 5.75 Å². The van der Waals surface area contributed by atoms with Gasteiger partial charge in [-0.1, -0.05) is 44.2 Å². The van der Waals surface area contributed by atoms with Gasteiger partial charge in [-0.05, 0) is 42.2 Å². The Hall–Kier alpha value is -2.82. The average Bonchev–Trinajstić information content (AvgIpc) is 2.72. The summed E-state index contributed by atoms with van der Waals surface area (Å²) in [6.45, 7) is 8.42. The van der Waals surface area contributed by atoms with Crippen LogP contribution in [0.15, 0.2) is 48.5 Å². The molecule has 0 bridgehead atoms. The first-order valence-corrected chi connectivity index (χ1v) is 9.81. The number of benzene rings is 2. The molecule has 5 nitrogen and oxygen atoms in total. The number of amides is 2. The SMILES string of the molecule is Cc1ccc(C(C)C)c(OCC(=O)N2CCN(C(=O)c3ccccc3)CC2)c1. The number of piperazine rings is 1. The minimum atomic E-state index is -0.0389. The largest absolute Gasteiger partial charge is 0.483 e. The molecule has 2 aromatic carbocycles. The lowest BCUT2D eigenvalue weighted by Crippen LogP contribution is -2.51. The molecule has 1 heterocycles. The Morgan fingerprint density at radius 3 is 2.25 bits per heavy atom. The van der Waals surface area contributed by atoms with Gasteiger partial charge < -0.3 is 14.5 Å². The van der Waals surface area contributed by atoms with Crippen LogP contribution in [0.2, 0.25) is 0 Å². The highest BCUT2D eigenvalue weighted by molar-refractivity contribution is 5.94. The highest BCUT2D eigenvalue weighted by Crippen LogP contribution is 2.27. The van der Waals surface area contributed by atoms with Crippen molar-refractivity contribution in [2.45, 2.75) is 26.7 Å². The third-order valence-electron chi connectivity index (χ3n) is 5.08. The molecule has 0 aromatic heterocycles. The van der Waals surface area contributed by atoms with Crippen LogP contribution in [-0.2, 0) is 4.79 Å².